The Balaban J connectivity index is 1.69. The van der Waals surface area contributed by atoms with Crippen LogP contribution in [-0.2, 0) is 6.54 Å². The van der Waals surface area contributed by atoms with Gasteiger partial charge in [0.05, 0.1) is 12.3 Å². The third kappa shape index (κ3) is 3.66. The number of benzene rings is 1. The summed E-state index contributed by atoms with van der Waals surface area (Å²) < 4.78 is 5.74. The first-order valence-electron chi connectivity index (χ1n) is 7.37. The van der Waals surface area contributed by atoms with E-state index >= 15 is 0 Å². The van der Waals surface area contributed by atoms with Gasteiger partial charge in [0.2, 0.25) is 5.88 Å². The van der Waals surface area contributed by atoms with Crippen LogP contribution in [0.15, 0.2) is 42.5 Å². The molecular weight excluding hydrogens is 262 g/mol. The Morgan fingerprint density at radius 1 is 1.19 bits per heavy atom. The Labute approximate surface area is 125 Å². The molecule has 0 unspecified atom stereocenters. The Morgan fingerprint density at radius 3 is 2.67 bits per heavy atom. The smallest absolute Gasteiger partial charge is 0.239 e. The number of aromatic nitrogens is 1. The van der Waals surface area contributed by atoms with E-state index in [2.05, 4.69) is 22.0 Å². The highest BCUT2D eigenvalue weighted by atomic mass is 16.5. The SMILES string of the molecule is CN(Cc1ccccc1)c1ccc(N)c(OCC2CC2)n1. The maximum Gasteiger partial charge on any atom is 0.239 e. The predicted molar refractivity (Wildman–Crippen MR) is 85.4 cm³/mol. The zero-order valence-corrected chi connectivity index (χ0v) is 12.3. The number of rotatable bonds is 6. The average molecular weight is 283 g/mol. The lowest BCUT2D eigenvalue weighted by Crippen LogP contribution is -2.18. The van der Waals surface area contributed by atoms with Gasteiger partial charge in [0.25, 0.3) is 0 Å². The Hall–Kier alpha value is -2.23. The van der Waals surface area contributed by atoms with E-state index in [9.17, 15) is 0 Å². The van der Waals surface area contributed by atoms with E-state index in [4.69, 9.17) is 10.5 Å². The second-order valence-electron chi connectivity index (χ2n) is 5.66. The largest absolute Gasteiger partial charge is 0.476 e. The van der Waals surface area contributed by atoms with E-state index in [-0.39, 0.29) is 0 Å². The van der Waals surface area contributed by atoms with Crippen LogP contribution in [0.2, 0.25) is 0 Å². The molecule has 0 bridgehead atoms. The quantitative estimate of drug-likeness (QED) is 0.885. The molecule has 4 nitrogen and oxygen atoms in total. The summed E-state index contributed by atoms with van der Waals surface area (Å²) in [5, 5.41) is 0. The van der Waals surface area contributed by atoms with Crippen molar-refractivity contribution in [2.45, 2.75) is 19.4 Å². The lowest BCUT2D eigenvalue weighted by Gasteiger charge is -2.19. The molecule has 0 radical (unpaired) electrons. The molecule has 0 saturated heterocycles. The lowest BCUT2D eigenvalue weighted by atomic mass is 10.2. The van der Waals surface area contributed by atoms with Crippen LogP contribution < -0.4 is 15.4 Å². The molecule has 21 heavy (non-hydrogen) atoms. The molecule has 0 atom stereocenters. The summed E-state index contributed by atoms with van der Waals surface area (Å²) in [6, 6.07) is 14.1. The van der Waals surface area contributed by atoms with Crippen molar-refractivity contribution in [3.8, 4) is 5.88 Å². The minimum absolute atomic E-state index is 0.555. The van der Waals surface area contributed by atoms with Crippen LogP contribution in [0.3, 0.4) is 0 Å². The fourth-order valence-electron chi connectivity index (χ4n) is 2.19. The van der Waals surface area contributed by atoms with Crippen molar-refractivity contribution in [1.29, 1.82) is 0 Å². The first-order valence-corrected chi connectivity index (χ1v) is 7.37. The minimum Gasteiger partial charge on any atom is -0.476 e. The van der Waals surface area contributed by atoms with Crippen LogP contribution in [0.4, 0.5) is 11.5 Å². The summed E-state index contributed by atoms with van der Waals surface area (Å²) in [6.45, 7) is 1.53. The summed E-state index contributed by atoms with van der Waals surface area (Å²) in [7, 11) is 2.02. The van der Waals surface area contributed by atoms with Gasteiger partial charge in [-0.05, 0) is 36.5 Å². The standard InChI is InChI=1S/C17H21N3O/c1-20(11-13-5-3-2-4-6-13)16-10-9-15(18)17(19-16)21-12-14-7-8-14/h2-6,9-10,14H,7-8,11-12,18H2,1H3. The normalized spacial score (nSPS) is 14.0. The number of anilines is 2. The molecule has 1 fully saturated rings. The third-order valence-corrected chi connectivity index (χ3v) is 3.68. The highest BCUT2D eigenvalue weighted by Gasteiger charge is 2.22. The zero-order chi connectivity index (χ0) is 14.7. The van der Waals surface area contributed by atoms with Crippen molar-refractivity contribution in [2.24, 2.45) is 5.92 Å². The van der Waals surface area contributed by atoms with Crippen LogP contribution >= 0.6 is 0 Å². The monoisotopic (exact) mass is 283 g/mol. The van der Waals surface area contributed by atoms with Crippen LogP contribution in [0, 0.1) is 5.92 Å². The van der Waals surface area contributed by atoms with E-state index in [0.717, 1.165) is 19.0 Å². The van der Waals surface area contributed by atoms with Gasteiger partial charge >= 0.3 is 0 Å². The van der Waals surface area contributed by atoms with Gasteiger partial charge in [-0.25, -0.2) is 0 Å². The number of nitrogens with two attached hydrogens (primary N) is 1. The molecule has 4 heteroatoms. The summed E-state index contributed by atoms with van der Waals surface area (Å²) in [5.74, 6) is 2.12. The number of nitrogen functional groups attached to an aromatic ring is 1. The van der Waals surface area contributed by atoms with Crippen LogP contribution in [-0.4, -0.2) is 18.6 Å². The molecule has 2 aromatic rings. The average Bonchev–Trinajstić information content (AvgIpc) is 3.31. The first-order chi connectivity index (χ1) is 10.2. The molecule has 1 heterocycles. The van der Waals surface area contributed by atoms with Gasteiger partial charge in [-0.2, -0.15) is 4.98 Å². The molecule has 0 spiro atoms. The van der Waals surface area contributed by atoms with Gasteiger partial charge < -0.3 is 15.4 Å². The molecule has 3 rings (SSSR count). The molecule has 1 aromatic carbocycles. The maximum atomic E-state index is 5.94. The molecule has 1 aliphatic rings. The van der Waals surface area contributed by atoms with E-state index in [1.165, 1.54) is 18.4 Å². The molecule has 1 aromatic heterocycles. The van der Waals surface area contributed by atoms with Gasteiger partial charge in [0.15, 0.2) is 0 Å². The maximum absolute atomic E-state index is 5.94. The molecule has 0 aliphatic heterocycles. The third-order valence-electron chi connectivity index (χ3n) is 3.68. The van der Waals surface area contributed by atoms with Gasteiger partial charge in [0, 0.05) is 13.6 Å². The van der Waals surface area contributed by atoms with E-state index in [1.807, 2.05) is 37.4 Å². The van der Waals surface area contributed by atoms with Crippen molar-refractivity contribution in [3.05, 3.63) is 48.0 Å². The summed E-state index contributed by atoms with van der Waals surface area (Å²) >= 11 is 0. The van der Waals surface area contributed by atoms with Gasteiger partial charge in [-0.15, -0.1) is 0 Å². The van der Waals surface area contributed by atoms with Gasteiger partial charge in [-0.3, -0.25) is 0 Å². The number of hydrogen-bond acceptors (Lipinski definition) is 4. The second-order valence-corrected chi connectivity index (χ2v) is 5.66. The second kappa shape index (κ2) is 6.04. The van der Waals surface area contributed by atoms with E-state index < -0.39 is 0 Å². The van der Waals surface area contributed by atoms with Crippen LogP contribution in [0.25, 0.3) is 0 Å². The summed E-state index contributed by atoms with van der Waals surface area (Å²) in [5.41, 5.74) is 7.80. The number of ether oxygens (including phenoxy) is 1. The highest BCUT2D eigenvalue weighted by Crippen LogP contribution is 2.31. The Morgan fingerprint density at radius 2 is 1.95 bits per heavy atom. The molecular formula is C17H21N3O. The zero-order valence-electron chi connectivity index (χ0n) is 12.3. The molecule has 0 amide bonds. The molecule has 2 N–H and O–H groups in total. The minimum atomic E-state index is 0.555. The van der Waals surface area contributed by atoms with Crippen LogP contribution in [0.5, 0.6) is 5.88 Å². The van der Waals surface area contributed by atoms with E-state index in [0.29, 0.717) is 17.5 Å². The van der Waals surface area contributed by atoms with Crippen molar-refractivity contribution in [1.82, 2.24) is 4.98 Å². The summed E-state index contributed by atoms with van der Waals surface area (Å²) in [6.07, 6.45) is 2.51. The van der Waals surface area contributed by atoms with Crippen molar-refractivity contribution in [3.63, 3.8) is 0 Å². The molecule has 110 valence electrons. The molecule has 1 saturated carbocycles. The fraction of sp³-hybridized carbons (Fsp3) is 0.353. The number of pyridine rings is 1. The van der Waals surface area contributed by atoms with Gasteiger partial charge in [0.1, 0.15) is 5.82 Å². The van der Waals surface area contributed by atoms with Gasteiger partial charge in [-0.1, -0.05) is 30.3 Å². The topological polar surface area (TPSA) is 51.4 Å². The van der Waals surface area contributed by atoms with Crippen molar-refractivity contribution < 1.29 is 4.74 Å². The fourth-order valence-corrected chi connectivity index (χ4v) is 2.19. The first kappa shape index (κ1) is 13.7. The highest BCUT2D eigenvalue weighted by molar-refractivity contribution is 5.54. The van der Waals surface area contributed by atoms with E-state index in [1.54, 1.807) is 0 Å². The Kier molecular flexibility index (Phi) is 3.95. The van der Waals surface area contributed by atoms with Crippen LogP contribution in [0.1, 0.15) is 18.4 Å². The number of nitrogens with zero attached hydrogens (tertiary/aromatic N) is 2. The molecule has 1 aliphatic carbocycles. The van der Waals surface area contributed by atoms with Crippen molar-refractivity contribution >= 4 is 11.5 Å². The Bertz CT molecular complexity index is 596. The number of hydrogen-bond donors (Lipinski definition) is 1. The van der Waals surface area contributed by atoms with Crippen molar-refractivity contribution in [2.75, 3.05) is 24.3 Å². The lowest BCUT2D eigenvalue weighted by molar-refractivity contribution is 0.290. The summed E-state index contributed by atoms with van der Waals surface area (Å²) in [4.78, 5) is 6.64. The predicted octanol–water partition coefficient (Wildman–Crippen LogP) is 3.09.